The lowest BCUT2D eigenvalue weighted by molar-refractivity contribution is -0.0106. The van der Waals surface area contributed by atoms with Crippen LogP contribution in [0.15, 0.2) is 4.52 Å². The Hall–Kier alpha value is -0.940. The number of hydrogen-bond donors (Lipinski definition) is 1. The molecule has 0 radical (unpaired) electrons. The van der Waals surface area contributed by atoms with Crippen molar-refractivity contribution in [1.82, 2.24) is 15.5 Å². The average molecular weight is 241 g/mol. The molecule has 0 aromatic carbocycles. The molecule has 0 aliphatic heterocycles. The Morgan fingerprint density at radius 1 is 1.47 bits per heavy atom. The van der Waals surface area contributed by atoms with Gasteiger partial charge < -0.3 is 14.6 Å². The second-order valence-corrected chi connectivity index (χ2v) is 4.46. The van der Waals surface area contributed by atoms with Crippen molar-refractivity contribution in [2.75, 3.05) is 13.7 Å². The lowest BCUT2D eigenvalue weighted by atomic mass is 10.0. The lowest BCUT2D eigenvalue weighted by Gasteiger charge is -2.21. The van der Waals surface area contributed by atoms with E-state index in [1.165, 1.54) is 0 Å². The molecule has 2 atom stereocenters. The van der Waals surface area contributed by atoms with Crippen LogP contribution in [0.25, 0.3) is 0 Å². The number of hydrogen-bond acceptors (Lipinski definition) is 5. The van der Waals surface area contributed by atoms with E-state index >= 15 is 0 Å². The molecule has 0 aliphatic rings. The molecule has 0 saturated carbocycles. The summed E-state index contributed by atoms with van der Waals surface area (Å²) in [7, 11) is 1.67. The molecule has 5 nitrogen and oxygen atoms in total. The first kappa shape index (κ1) is 14.1. The summed E-state index contributed by atoms with van der Waals surface area (Å²) in [5.41, 5.74) is -0.455. The molecule has 1 rings (SSSR count). The van der Waals surface area contributed by atoms with Crippen LogP contribution < -0.4 is 5.32 Å². The fourth-order valence-electron chi connectivity index (χ4n) is 1.63. The van der Waals surface area contributed by atoms with Crippen LogP contribution in [0.2, 0.25) is 0 Å². The van der Waals surface area contributed by atoms with Gasteiger partial charge in [0.2, 0.25) is 11.7 Å². The third-order valence-corrected chi connectivity index (χ3v) is 3.10. The van der Waals surface area contributed by atoms with E-state index in [-0.39, 0.29) is 0 Å². The average Bonchev–Trinajstić information content (AvgIpc) is 2.77. The molecule has 0 aliphatic carbocycles. The smallest absolute Gasteiger partial charge is 0.228 e. The summed E-state index contributed by atoms with van der Waals surface area (Å²) in [5.74, 6) is 1.28. The summed E-state index contributed by atoms with van der Waals surface area (Å²) in [6.45, 7) is 9.13. The number of methoxy groups -OCH3 is 1. The summed E-state index contributed by atoms with van der Waals surface area (Å²) in [5, 5.41) is 7.32. The Morgan fingerprint density at radius 3 is 2.71 bits per heavy atom. The molecule has 1 aromatic rings. The summed E-state index contributed by atoms with van der Waals surface area (Å²) in [6.07, 6.45) is 1.55. The fourth-order valence-corrected chi connectivity index (χ4v) is 1.63. The van der Waals surface area contributed by atoms with Crippen molar-refractivity contribution < 1.29 is 9.26 Å². The van der Waals surface area contributed by atoms with E-state index in [9.17, 15) is 0 Å². The first-order valence-electron chi connectivity index (χ1n) is 6.17. The van der Waals surface area contributed by atoms with Crippen molar-refractivity contribution >= 4 is 0 Å². The Balaban J connectivity index is 2.71. The molecular weight excluding hydrogens is 218 g/mol. The maximum atomic E-state index is 5.44. The number of nitrogens with zero attached hydrogens (tertiary/aromatic N) is 2. The predicted molar refractivity (Wildman–Crippen MR) is 65.8 cm³/mol. The van der Waals surface area contributed by atoms with Gasteiger partial charge in [0.1, 0.15) is 5.60 Å². The highest BCUT2D eigenvalue weighted by molar-refractivity contribution is 4.99. The molecule has 0 saturated heterocycles. The molecule has 2 unspecified atom stereocenters. The van der Waals surface area contributed by atoms with Crippen molar-refractivity contribution in [2.24, 2.45) is 0 Å². The van der Waals surface area contributed by atoms with Crippen molar-refractivity contribution in [3.05, 3.63) is 11.7 Å². The molecule has 0 spiro atoms. The molecule has 1 N–H and O–H groups in total. The normalized spacial score (nSPS) is 16.8. The topological polar surface area (TPSA) is 60.2 Å². The molecule has 0 bridgehead atoms. The van der Waals surface area contributed by atoms with Crippen molar-refractivity contribution in [2.45, 2.75) is 52.2 Å². The lowest BCUT2D eigenvalue weighted by Crippen LogP contribution is -2.28. The molecule has 5 heteroatoms. The zero-order valence-corrected chi connectivity index (χ0v) is 11.4. The first-order valence-corrected chi connectivity index (χ1v) is 6.17. The van der Waals surface area contributed by atoms with Crippen LogP contribution in [0.5, 0.6) is 0 Å². The maximum absolute atomic E-state index is 5.44. The summed E-state index contributed by atoms with van der Waals surface area (Å²) in [4.78, 5) is 4.40. The molecule has 17 heavy (non-hydrogen) atoms. The van der Waals surface area contributed by atoms with Crippen molar-refractivity contribution in [1.29, 1.82) is 0 Å². The Bertz CT molecular complexity index is 334. The Kier molecular flexibility index (Phi) is 5.08. The van der Waals surface area contributed by atoms with Crippen LogP contribution in [0, 0.1) is 0 Å². The van der Waals surface area contributed by atoms with Gasteiger partial charge in [-0.25, -0.2) is 0 Å². The second kappa shape index (κ2) is 6.12. The number of likely N-dealkylation sites (N-methyl/N-ethyl adjacent to an activating group) is 1. The summed E-state index contributed by atoms with van der Waals surface area (Å²) < 4.78 is 10.7. The zero-order valence-electron chi connectivity index (χ0n) is 11.4. The van der Waals surface area contributed by atoms with Gasteiger partial charge in [0.05, 0.1) is 0 Å². The highest BCUT2D eigenvalue weighted by Gasteiger charge is 2.30. The minimum Gasteiger partial charge on any atom is -0.370 e. The SMILES string of the molecule is CCNC(C)Cc1nc(C(C)(CC)OC)no1. The van der Waals surface area contributed by atoms with Gasteiger partial charge in [-0.1, -0.05) is 19.0 Å². The van der Waals surface area contributed by atoms with Crippen LogP contribution in [-0.2, 0) is 16.8 Å². The van der Waals surface area contributed by atoms with E-state index in [4.69, 9.17) is 9.26 Å². The number of rotatable bonds is 7. The highest BCUT2D eigenvalue weighted by atomic mass is 16.5. The second-order valence-electron chi connectivity index (χ2n) is 4.46. The third kappa shape index (κ3) is 3.51. The zero-order chi connectivity index (χ0) is 12.9. The minimum atomic E-state index is -0.455. The van der Waals surface area contributed by atoms with E-state index in [2.05, 4.69) is 29.3 Å². The Labute approximate surface area is 103 Å². The van der Waals surface area contributed by atoms with Crippen molar-refractivity contribution in [3.8, 4) is 0 Å². The van der Waals surface area contributed by atoms with E-state index in [0.717, 1.165) is 19.4 Å². The summed E-state index contributed by atoms with van der Waals surface area (Å²) >= 11 is 0. The van der Waals surface area contributed by atoms with E-state index < -0.39 is 5.60 Å². The minimum absolute atomic E-state index is 0.337. The molecule has 98 valence electrons. The van der Waals surface area contributed by atoms with E-state index in [1.807, 2.05) is 13.8 Å². The van der Waals surface area contributed by atoms with Gasteiger partial charge in [-0.2, -0.15) is 4.98 Å². The highest BCUT2D eigenvalue weighted by Crippen LogP contribution is 2.25. The third-order valence-electron chi connectivity index (χ3n) is 3.10. The largest absolute Gasteiger partial charge is 0.370 e. The van der Waals surface area contributed by atoms with Crippen LogP contribution in [0.4, 0.5) is 0 Å². The Morgan fingerprint density at radius 2 is 2.18 bits per heavy atom. The number of nitrogens with one attached hydrogen (secondary N) is 1. The quantitative estimate of drug-likeness (QED) is 0.789. The molecular formula is C12H23N3O2. The van der Waals surface area contributed by atoms with E-state index in [0.29, 0.717) is 17.8 Å². The predicted octanol–water partition coefficient (Wildman–Crippen LogP) is 1.88. The maximum Gasteiger partial charge on any atom is 0.228 e. The van der Waals surface area contributed by atoms with Gasteiger partial charge in [0, 0.05) is 19.6 Å². The van der Waals surface area contributed by atoms with Gasteiger partial charge in [0.25, 0.3) is 0 Å². The van der Waals surface area contributed by atoms with Gasteiger partial charge in [-0.05, 0) is 26.8 Å². The van der Waals surface area contributed by atoms with Gasteiger partial charge >= 0.3 is 0 Å². The molecule has 0 fully saturated rings. The summed E-state index contributed by atoms with van der Waals surface area (Å²) in [6, 6.07) is 0.337. The van der Waals surface area contributed by atoms with E-state index in [1.54, 1.807) is 7.11 Å². The van der Waals surface area contributed by atoms with Crippen LogP contribution in [0.3, 0.4) is 0 Å². The van der Waals surface area contributed by atoms with Gasteiger partial charge in [-0.15, -0.1) is 0 Å². The monoisotopic (exact) mass is 241 g/mol. The molecule has 0 amide bonds. The van der Waals surface area contributed by atoms with Gasteiger partial charge in [0.15, 0.2) is 0 Å². The fraction of sp³-hybridized carbons (Fsp3) is 0.833. The molecule has 1 heterocycles. The standard InChI is InChI=1S/C12H23N3O2/c1-6-12(4,16-5)11-14-10(17-15-11)8-9(3)13-7-2/h9,13H,6-8H2,1-5H3. The van der Waals surface area contributed by atoms with Crippen LogP contribution >= 0.6 is 0 Å². The first-order chi connectivity index (χ1) is 8.05. The molecule has 1 aromatic heterocycles. The van der Waals surface area contributed by atoms with Gasteiger partial charge in [-0.3, -0.25) is 0 Å². The van der Waals surface area contributed by atoms with Crippen molar-refractivity contribution in [3.63, 3.8) is 0 Å². The number of aromatic nitrogens is 2. The number of ether oxygens (including phenoxy) is 1. The van der Waals surface area contributed by atoms with Crippen LogP contribution in [0.1, 0.15) is 45.8 Å². The van der Waals surface area contributed by atoms with Crippen LogP contribution in [-0.4, -0.2) is 29.8 Å².